The first-order chi connectivity index (χ1) is 6.24. The van der Waals surface area contributed by atoms with E-state index in [9.17, 15) is 4.79 Å². The number of carbonyl (C=O) groups excluding carboxylic acids is 1. The average molecular weight is 185 g/mol. The fraction of sp³-hybridized carbons (Fsp3) is 0.889. The third-order valence-electron chi connectivity index (χ3n) is 2.44. The van der Waals surface area contributed by atoms with Crippen LogP contribution in [0.3, 0.4) is 0 Å². The molecule has 0 aromatic heterocycles. The van der Waals surface area contributed by atoms with E-state index in [0.29, 0.717) is 0 Å². The van der Waals surface area contributed by atoms with Crippen molar-refractivity contribution in [3.63, 3.8) is 0 Å². The van der Waals surface area contributed by atoms with E-state index >= 15 is 0 Å². The Morgan fingerprint density at radius 3 is 2.69 bits per heavy atom. The lowest BCUT2D eigenvalue weighted by atomic mass is 10.1. The Morgan fingerprint density at radius 1 is 1.54 bits per heavy atom. The highest BCUT2D eigenvalue weighted by molar-refractivity contribution is 5.78. The number of hydrogen-bond acceptors (Lipinski definition) is 3. The molecule has 0 saturated carbocycles. The number of hydrogen-bond donors (Lipinski definition) is 2. The highest BCUT2D eigenvalue weighted by Crippen LogP contribution is 2.01. The van der Waals surface area contributed by atoms with Gasteiger partial charge in [-0.05, 0) is 0 Å². The maximum Gasteiger partial charge on any atom is 0.223 e. The van der Waals surface area contributed by atoms with Crippen LogP contribution >= 0.6 is 0 Å². The first-order valence-electron chi connectivity index (χ1n) is 4.88. The van der Waals surface area contributed by atoms with Gasteiger partial charge in [0.15, 0.2) is 0 Å². The molecule has 2 N–H and O–H groups in total. The van der Waals surface area contributed by atoms with E-state index in [1.165, 1.54) is 0 Å². The first kappa shape index (κ1) is 10.5. The molecule has 1 atom stereocenters. The summed E-state index contributed by atoms with van der Waals surface area (Å²) in [6, 6.07) is 0. The lowest BCUT2D eigenvalue weighted by molar-refractivity contribution is -0.124. The minimum Gasteiger partial charge on any atom is -0.359 e. The third-order valence-corrected chi connectivity index (χ3v) is 2.44. The average Bonchev–Trinajstić information content (AvgIpc) is 2.18. The maximum atomic E-state index is 11.2. The summed E-state index contributed by atoms with van der Waals surface area (Å²) < 4.78 is 0. The van der Waals surface area contributed by atoms with Gasteiger partial charge in [0.1, 0.15) is 0 Å². The van der Waals surface area contributed by atoms with Crippen molar-refractivity contribution in [2.24, 2.45) is 5.92 Å². The predicted octanol–water partition coefficient (Wildman–Crippen LogP) is -0.726. The minimum absolute atomic E-state index is 0.100. The standard InChI is InChI=1S/C9H19N3O/c1-8(9(13)10-2)7-12-5-3-11-4-6-12/h8,11H,3-7H2,1-2H3,(H,10,13). The van der Waals surface area contributed by atoms with Gasteiger partial charge in [-0.2, -0.15) is 0 Å². The molecule has 76 valence electrons. The molecule has 1 rings (SSSR count). The van der Waals surface area contributed by atoms with Crippen molar-refractivity contribution in [2.45, 2.75) is 6.92 Å². The van der Waals surface area contributed by atoms with Gasteiger partial charge in [0.25, 0.3) is 0 Å². The third kappa shape index (κ3) is 3.32. The summed E-state index contributed by atoms with van der Waals surface area (Å²) in [5.74, 6) is 0.238. The number of rotatable bonds is 3. The molecule has 0 radical (unpaired) electrons. The second kappa shape index (κ2) is 5.19. The molecular weight excluding hydrogens is 166 g/mol. The molecule has 13 heavy (non-hydrogen) atoms. The van der Waals surface area contributed by atoms with Gasteiger partial charge >= 0.3 is 0 Å². The molecule has 4 nitrogen and oxygen atoms in total. The molecule has 1 saturated heterocycles. The molecule has 1 fully saturated rings. The van der Waals surface area contributed by atoms with Crippen LogP contribution in [0, 0.1) is 5.92 Å². The number of nitrogens with zero attached hydrogens (tertiary/aromatic N) is 1. The van der Waals surface area contributed by atoms with Crippen LogP contribution in [0.1, 0.15) is 6.92 Å². The van der Waals surface area contributed by atoms with E-state index in [-0.39, 0.29) is 11.8 Å². The van der Waals surface area contributed by atoms with Crippen molar-refractivity contribution in [3.05, 3.63) is 0 Å². The molecule has 0 spiro atoms. The molecule has 0 aliphatic carbocycles. The van der Waals surface area contributed by atoms with Crippen LogP contribution in [-0.2, 0) is 4.79 Å². The molecule has 0 aromatic carbocycles. The molecule has 4 heteroatoms. The van der Waals surface area contributed by atoms with Crippen LogP contribution in [0.15, 0.2) is 0 Å². The van der Waals surface area contributed by atoms with E-state index in [1.54, 1.807) is 7.05 Å². The molecule has 1 amide bonds. The molecule has 1 aliphatic heterocycles. The monoisotopic (exact) mass is 185 g/mol. The van der Waals surface area contributed by atoms with Gasteiger partial charge < -0.3 is 15.5 Å². The summed E-state index contributed by atoms with van der Waals surface area (Å²) in [5, 5.41) is 5.96. The normalized spacial score (nSPS) is 21.1. The lowest BCUT2D eigenvalue weighted by Crippen LogP contribution is -2.46. The maximum absolute atomic E-state index is 11.2. The Morgan fingerprint density at radius 2 is 2.15 bits per heavy atom. The minimum atomic E-state index is 0.100. The van der Waals surface area contributed by atoms with Crippen molar-refractivity contribution in [1.82, 2.24) is 15.5 Å². The van der Waals surface area contributed by atoms with E-state index in [1.807, 2.05) is 6.92 Å². The Balaban J connectivity index is 2.25. The van der Waals surface area contributed by atoms with Crippen LogP contribution in [-0.4, -0.2) is 50.6 Å². The Kier molecular flexibility index (Phi) is 4.18. The number of piperazine rings is 1. The smallest absolute Gasteiger partial charge is 0.223 e. The van der Waals surface area contributed by atoms with Gasteiger partial charge in [-0.3, -0.25) is 4.79 Å². The summed E-state index contributed by atoms with van der Waals surface area (Å²) in [4.78, 5) is 13.6. The van der Waals surface area contributed by atoms with E-state index in [4.69, 9.17) is 0 Å². The van der Waals surface area contributed by atoms with Gasteiger partial charge in [0, 0.05) is 45.7 Å². The van der Waals surface area contributed by atoms with Crippen LogP contribution < -0.4 is 10.6 Å². The highest BCUT2D eigenvalue weighted by Gasteiger charge is 2.16. The van der Waals surface area contributed by atoms with Crippen LogP contribution in [0.25, 0.3) is 0 Å². The van der Waals surface area contributed by atoms with Crippen LogP contribution in [0.4, 0.5) is 0 Å². The summed E-state index contributed by atoms with van der Waals surface area (Å²) in [5.41, 5.74) is 0. The van der Waals surface area contributed by atoms with Crippen LogP contribution in [0.5, 0.6) is 0 Å². The fourth-order valence-electron chi connectivity index (χ4n) is 1.61. The van der Waals surface area contributed by atoms with Crippen LogP contribution in [0.2, 0.25) is 0 Å². The lowest BCUT2D eigenvalue weighted by Gasteiger charge is -2.28. The second-order valence-electron chi connectivity index (χ2n) is 3.57. The molecule has 0 aromatic rings. The van der Waals surface area contributed by atoms with Gasteiger partial charge in [-0.1, -0.05) is 6.92 Å². The van der Waals surface area contributed by atoms with Crippen molar-refractivity contribution < 1.29 is 4.79 Å². The predicted molar refractivity (Wildman–Crippen MR) is 52.5 cm³/mol. The molecule has 1 heterocycles. The molecule has 1 aliphatic rings. The fourth-order valence-corrected chi connectivity index (χ4v) is 1.61. The summed E-state index contributed by atoms with van der Waals surface area (Å²) >= 11 is 0. The van der Waals surface area contributed by atoms with E-state index in [0.717, 1.165) is 32.7 Å². The first-order valence-corrected chi connectivity index (χ1v) is 4.88. The zero-order chi connectivity index (χ0) is 9.68. The second-order valence-corrected chi connectivity index (χ2v) is 3.57. The quantitative estimate of drug-likeness (QED) is 0.609. The Bertz CT molecular complexity index is 166. The Hall–Kier alpha value is -0.610. The van der Waals surface area contributed by atoms with E-state index < -0.39 is 0 Å². The summed E-state index contributed by atoms with van der Waals surface area (Å²) in [6.07, 6.45) is 0. The zero-order valence-electron chi connectivity index (χ0n) is 8.47. The topological polar surface area (TPSA) is 44.4 Å². The highest BCUT2D eigenvalue weighted by atomic mass is 16.1. The SMILES string of the molecule is CNC(=O)C(C)CN1CCNCC1. The number of carbonyl (C=O) groups is 1. The van der Waals surface area contributed by atoms with Crippen molar-refractivity contribution in [2.75, 3.05) is 39.8 Å². The molecule has 0 bridgehead atoms. The van der Waals surface area contributed by atoms with Gasteiger partial charge in [0.2, 0.25) is 5.91 Å². The van der Waals surface area contributed by atoms with Gasteiger partial charge in [0.05, 0.1) is 0 Å². The van der Waals surface area contributed by atoms with Gasteiger partial charge in [-0.25, -0.2) is 0 Å². The summed E-state index contributed by atoms with van der Waals surface area (Å²) in [6.45, 7) is 7.05. The number of nitrogens with one attached hydrogen (secondary N) is 2. The van der Waals surface area contributed by atoms with E-state index in [2.05, 4.69) is 15.5 Å². The van der Waals surface area contributed by atoms with Crippen molar-refractivity contribution in [3.8, 4) is 0 Å². The zero-order valence-corrected chi connectivity index (χ0v) is 8.47. The largest absolute Gasteiger partial charge is 0.359 e. The molecular formula is C9H19N3O. The number of amides is 1. The summed E-state index contributed by atoms with van der Waals surface area (Å²) in [7, 11) is 1.69. The molecule has 1 unspecified atom stereocenters. The van der Waals surface area contributed by atoms with Gasteiger partial charge in [-0.15, -0.1) is 0 Å². The van der Waals surface area contributed by atoms with Crippen molar-refractivity contribution in [1.29, 1.82) is 0 Å². The Labute approximate surface area is 79.7 Å². The van der Waals surface area contributed by atoms with Crippen molar-refractivity contribution >= 4 is 5.91 Å².